The van der Waals surface area contributed by atoms with E-state index >= 15 is 0 Å². The largest absolute Gasteiger partial charge is 0.294 e. The smallest absolute Gasteiger partial charge is 0.168 e. The Kier molecular flexibility index (Phi) is 4.38. The van der Waals surface area contributed by atoms with Crippen LogP contribution in [0.4, 0.5) is 0 Å². The molecule has 2 heterocycles. The molecule has 5 heteroatoms. The van der Waals surface area contributed by atoms with Gasteiger partial charge in [-0.1, -0.05) is 6.92 Å². The van der Waals surface area contributed by atoms with Crippen LogP contribution in [-0.4, -0.2) is 20.5 Å². The van der Waals surface area contributed by atoms with Crippen LogP contribution in [0.3, 0.4) is 0 Å². The molecule has 0 aliphatic carbocycles. The fraction of sp³-hybridized carbons (Fsp3) is 0.400. The molecule has 0 spiro atoms. The molecule has 0 amide bonds. The molecule has 0 saturated carbocycles. The fourth-order valence-electron chi connectivity index (χ4n) is 2.26. The maximum absolute atomic E-state index is 12.4. The number of rotatable bonds is 4. The second-order valence-corrected chi connectivity index (χ2v) is 5.72. The van der Waals surface area contributed by atoms with Gasteiger partial charge in [0.15, 0.2) is 5.78 Å². The van der Waals surface area contributed by atoms with Crippen molar-refractivity contribution < 1.29 is 4.79 Å². The molecule has 0 saturated heterocycles. The second-order valence-electron chi connectivity index (χ2n) is 4.92. The lowest BCUT2D eigenvalue weighted by atomic mass is 10.1. The highest BCUT2D eigenvalue weighted by molar-refractivity contribution is 9.10. The Morgan fingerprint density at radius 1 is 1.30 bits per heavy atom. The lowest BCUT2D eigenvalue weighted by Crippen LogP contribution is -2.09. The van der Waals surface area contributed by atoms with E-state index < -0.39 is 0 Å². The molecule has 2 aromatic rings. The van der Waals surface area contributed by atoms with Crippen molar-refractivity contribution in [1.82, 2.24) is 14.8 Å². The van der Waals surface area contributed by atoms with Gasteiger partial charge in [0.2, 0.25) is 0 Å². The van der Waals surface area contributed by atoms with Crippen molar-refractivity contribution in [2.75, 3.05) is 0 Å². The highest BCUT2D eigenvalue weighted by Gasteiger charge is 2.17. The molecule has 4 nitrogen and oxygen atoms in total. The van der Waals surface area contributed by atoms with Crippen molar-refractivity contribution in [3.05, 3.63) is 44.9 Å². The number of carbonyl (C=O) groups is 1. The summed E-state index contributed by atoms with van der Waals surface area (Å²) in [6.45, 7) is 5.85. The molecule has 0 atom stereocenters. The molecule has 20 heavy (non-hydrogen) atoms. The molecule has 2 aromatic heterocycles. The van der Waals surface area contributed by atoms with Gasteiger partial charge in [-0.05, 0) is 48.3 Å². The summed E-state index contributed by atoms with van der Waals surface area (Å²) in [5.74, 6) is 0.0879. The maximum Gasteiger partial charge on any atom is 0.168 e. The number of ketones is 1. The number of Topliss-reactive ketones (excluding diaryl/α,β-unsaturated/α-hetero) is 1. The number of halogens is 1. The van der Waals surface area contributed by atoms with Crippen LogP contribution in [-0.2, 0) is 19.9 Å². The summed E-state index contributed by atoms with van der Waals surface area (Å²) < 4.78 is 2.72. The van der Waals surface area contributed by atoms with Crippen molar-refractivity contribution in [1.29, 1.82) is 0 Å². The molecule has 0 fully saturated rings. The van der Waals surface area contributed by atoms with Gasteiger partial charge < -0.3 is 0 Å². The van der Waals surface area contributed by atoms with Gasteiger partial charge >= 0.3 is 0 Å². The van der Waals surface area contributed by atoms with E-state index in [2.05, 4.69) is 26.0 Å². The summed E-state index contributed by atoms with van der Waals surface area (Å²) in [5, 5.41) is 4.42. The van der Waals surface area contributed by atoms with Crippen molar-refractivity contribution in [3.8, 4) is 0 Å². The summed E-state index contributed by atoms with van der Waals surface area (Å²) in [5.41, 5.74) is 4.34. The number of carbonyl (C=O) groups excluding carboxylic acids is 1. The molecule has 0 radical (unpaired) electrons. The van der Waals surface area contributed by atoms with Crippen LogP contribution in [0, 0.1) is 13.8 Å². The zero-order chi connectivity index (χ0) is 14.9. The first-order valence-corrected chi connectivity index (χ1v) is 7.40. The minimum absolute atomic E-state index is 0.0879. The van der Waals surface area contributed by atoms with E-state index in [9.17, 15) is 4.79 Å². The van der Waals surface area contributed by atoms with E-state index in [-0.39, 0.29) is 5.78 Å². The Labute approximate surface area is 127 Å². The average molecular weight is 336 g/mol. The molecule has 0 N–H and O–H groups in total. The molecule has 0 aliphatic rings. The Hall–Kier alpha value is -1.49. The first-order valence-electron chi connectivity index (χ1n) is 6.61. The Bertz CT molecular complexity index is 641. The standard InChI is InChI=1S/C15H18BrN3O/c1-5-12-15(16)13(19(4)18-12)8-14(20)11-6-9(2)17-10(3)7-11/h6-7H,5,8H2,1-4H3. The normalized spacial score (nSPS) is 10.8. The fourth-order valence-corrected chi connectivity index (χ4v) is 3.02. The molecular formula is C15H18BrN3O. The lowest BCUT2D eigenvalue weighted by molar-refractivity contribution is 0.0990. The van der Waals surface area contributed by atoms with E-state index in [4.69, 9.17) is 0 Å². The first kappa shape index (κ1) is 14.9. The minimum Gasteiger partial charge on any atom is -0.294 e. The van der Waals surface area contributed by atoms with Crippen LogP contribution in [0.2, 0.25) is 0 Å². The van der Waals surface area contributed by atoms with Gasteiger partial charge in [0.05, 0.1) is 22.3 Å². The predicted molar refractivity (Wildman–Crippen MR) is 82.0 cm³/mol. The summed E-state index contributed by atoms with van der Waals surface area (Å²) >= 11 is 3.54. The molecule has 0 aliphatic heterocycles. The second kappa shape index (κ2) is 5.87. The molecule has 0 unspecified atom stereocenters. The van der Waals surface area contributed by atoms with Gasteiger partial charge in [0.1, 0.15) is 0 Å². The number of pyridine rings is 1. The highest BCUT2D eigenvalue weighted by Crippen LogP contribution is 2.23. The van der Waals surface area contributed by atoms with E-state index in [0.717, 1.165) is 33.7 Å². The van der Waals surface area contributed by atoms with Crippen molar-refractivity contribution in [2.45, 2.75) is 33.6 Å². The summed E-state index contributed by atoms with van der Waals surface area (Å²) in [6, 6.07) is 3.67. The van der Waals surface area contributed by atoms with E-state index in [1.54, 1.807) is 4.68 Å². The van der Waals surface area contributed by atoms with Crippen LogP contribution < -0.4 is 0 Å². The first-order chi connectivity index (χ1) is 9.42. The predicted octanol–water partition coefficient (Wildman–Crippen LogP) is 3.18. The highest BCUT2D eigenvalue weighted by atomic mass is 79.9. The lowest BCUT2D eigenvalue weighted by Gasteiger charge is -2.05. The molecule has 106 valence electrons. The monoisotopic (exact) mass is 335 g/mol. The van der Waals surface area contributed by atoms with Crippen molar-refractivity contribution in [2.24, 2.45) is 7.05 Å². The maximum atomic E-state index is 12.4. The third kappa shape index (κ3) is 2.98. The zero-order valence-corrected chi connectivity index (χ0v) is 13.8. The van der Waals surface area contributed by atoms with E-state index in [0.29, 0.717) is 12.0 Å². The Morgan fingerprint density at radius 3 is 2.40 bits per heavy atom. The molecule has 2 rings (SSSR count). The van der Waals surface area contributed by atoms with Crippen molar-refractivity contribution >= 4 is 21.7 Å². The van der Waals surface area contributed by atoms with Gasteiger partial charge in [0.25, 0.3) is 0 Å². The van der Waals surface area contributed by atoms with Crippen LogP contribution in [0.25, 0.3) is 0 Å². The number of nitrogens with zero attached hydrogens (tertiary/aromatic N) is 3. The van der Waals surface area contributed by atoms with Gasteiger partial charge in [-0.3, -0.25) is 14.5 Å². The third-order valence-electron chi connectivity index (χ3n) is 3.23. The zero-order valence-electron chi connectivity index (χ0n) is 12.2. The van der Waals surface area contributed by atoms with Gasteiger partial charge in [-0.2, -0.15) is 5.10 Å². The van der Waals surface area contributed by atoms with Gasteiger partial charge in [-0.15, -0.1) is 0 Å². The number of aryl methyl sites for hydroxylation is 4. The quantitative estimate of drug-likeness (QED) is 0.806. The van der Waals surface area contributed by atoms with Crippen LogP contribution in [0.15, 0.2) is 16.6 Å². The number of aromatic nitrogens is 3. The molecular weight excluding hydrogens is 318 g/mol. The van der Waals surface area contributed by atoms with Crippen molar-refractivity contribution in [3.63, 3.8) is 0 Å². The summed E-state index contributed by atoms with van der Waals surface area (Å²) in [6.07, 6.45) is 1.18. The third-order valence-corrected chi connectivity index (χ3v) is 4.15. The number of hydrogen-bond acceptors (Lipinski definition) is 3. The Morgan fingerprint density at radius 2 is 1.90 bits per heavy atom. The average Bonchev–Trinajstić information content (AvgIpc) is 2.65. The minimum atomic E-state index is 0.0879. The molecule has 0 aromatic carbocycles. The Balaban J connectivity index is 2.30. The molecule has 0 bridgehead atoms. The van der Waals surface area contributed by atoms with Crippen LogP contribution >= 0.6 is 15.9 Å². The van der Waals surface area contributed by atoms with E-state index in [1.807, 2.05) is 40.0 Å². The van der Waals surface area contributed by atoms with E-state index in [1.165, 1.54) is 0 Å². The SMILES string of the molecule is CCc1nn(C)c(CC(=O)c2cc(C)nc(C)c2)c1Br. The summed E-state index contributed by atoms with van der Waals surface area (Å²) in [4.78, 5) is 16.7. The topological polar surface area (TPSA) is 47.8 Å². The van der Waals surface area contributed by atoms with Crippen LogP contribution in [0.1, 0.15) is 40.1 Å². The van der Waals surface area contributed by atoms with Gasteiger partial charge in [-0.25, -0.2) is 0 Å². The number of hydrogen-bond donors (Lipinski definition) is 0. The van der Waals surface area contributed by atoms with Gasteiger partial charge in [0, 0.05) is 24.0 Å². The van der Waals surface area contributed by atoms with Crippen LogP contribution in [0.5, 0.6) is 0 Å². The summed E-state index contributed by atoms with van der Waals surface area (Å²) in [7, 11) is 1.87.